The van der Waals surface area contributed by atoms with Gasteiger partial charge in [0.2, 0.25) is 0 Å². The van der Waals surface area contributed by atoms with Crippen LogP contribution in [0.25, 0.3) is 22.5 Å². The quantitative estimate of drug-likeness (QED) is 0.435. The Morgan fingerprint density at radius 1 is 0.931 bits per heavy atom. The lowest BCUT2D eigenvalue weighted by molar-refractivity contribution is 0.0955. The van der Waals surface area contributed by atoms with Crippen molar-refractivity contribution < 1.29 is 4.79 Å². The minimum Gasteiger partial charge on any atom is -0.399 e. The molecule has 0 spiro atoms. The van der Waals surface area contributed by atoms with E-state index in [1.165, 1.54) is 0 Å². The Balaban J connectivity index is 1.50. The maximum absolute atomic E-state index is 12.8. The van der Waals surface area contributed by atoms with E-state index in [0.717, 1.165) is 33.8 Å². The highest BCUT2D eigenvalue weighted by Crippen LogP contribution is 2.26. The van der Waals surface area contributed by atoms with Crippen LogP contribution in [-0.2, 0) is 6.42 Å². The minimum absolute atomic E-state index is 0.119. The van der Waals surface area contributed by atoms with Crippen molar-refractivity contribution in [3.63, 3.8) is 0 Å². The molecule has 0 aliphatic carbocycles. The second-order valence-corrected chi connectivity index (χ2v) is 6.78. The van der Waals surface area contributed by atoms with Crippen LogP contribution in [0.5, 0.6) is 0 Å². The molecule has 4 N–H and O–H groups in total. The van der Waals surface area contributed by atoms with Gasteiger partial charge in [0.15, 0.2) is 0 Å². The van der Waals surface area contributed by atoms with Crippen LogP contribution < -0.4 is 11.1 Å². The van der Waals surface area contributed by atoms with Gasteiger partial charge in [0.25, 0.3) is 5.91 Å². The molecule has 144 valence electrons. The van der Waals surface area contributed by atoms with Gasteiger partial charge in [0.05, 0.1) is 11.4 Å². The number of H-pyrrole nitrogens is 1. The van der Waals surface area contributed by atoms with E-state index < -0.39 is 0 Å². The van der Waals surface area contributed by atoms with Crippen LogP contribution in [-0.4, -0.2) is 22.6 Å². The number of amides is 1. The van der Waals surface area contributed by atoms with Crippen molar-refractivity contribution in [3.8, 4) is 22.5 Å². The largest absolute Gasteiger partial charge is 0.399 e. The van der Waals surface area contributed by atoms with E-state index in [4.69, 9.17) is 5.73 Å². The van der Waals surface area contributed by atoms with Crippen molar-refractivity contribution in [1.82, 2.24) is 15.5 Å². The van der Waals surface area contributed by atoms with Gasteiger partial charge in [-0.3, -0.25) is 9.89 Å². The zero-order valence-electron chi connectivity index (χ0n) is 15.9. The maximum Gasteiger partial charge on any atom is 0.251 e. The number of para-hydroxylation sites is 1. The Kier molecular flexibility index (Phi) is 5.38. The van der Waals surface area contributed by atoms with Gasteiger partial charge in [-0.1, -0.05) is 66.7 Å². The smallest absolute Gasteiger partial charge is 0.251 e. The van der Waals surface area contributed by atoms with Crippen molar-refractivity contribution in [2.24, 2.45) is 0 Å². The molecular weight excluding hydrogens is 360 g/mol. The highest BCUT2D eigenvalue weighted by Gasteiger charge is 2.14. The average Bonchev–Trinajstić information content (AvgIpc) is 3.26. The van der Waals surface area contributed by atoms with Crippen molar-refractivity contribution in [3.05, 3.63) is 96.1 Å². The van der Waals surface area contributed by atoms with E-state index in [1.54, 1.807) is 0 Å². The van der Waals surface area contributed by atoms with E-state index in [-0.39, 0.29) is 5.91 Å². The molecule has 5 heteroatoms. The first kappa shape index (κ1) is 18.5. The summed E-state index contributed by atoms with van der Waals surface area (Å²) in [4.78, 5) is 12.8. The Labute approximate surface area is 169 Å². The lowest BCUT2D eigenvalue weighted by atomic mass is 10.0. The van der Waals surface area contributed by atoms with Crippen molar-refractivity contribution in [2.45, 2.75) is 6.42 Å². The van der Waals surface area contributed by atoms with Gasteiger partial charge in [-0.25, -0.2) is 0 Å². The Morgan fingerprint density at radius 3 is 2.48 bits per heavy atom. The lowest BCUT2D eigenvalue weighted by Crippen LogP contribution is -2.26. The summed E-state index contributed by atoms with van der Waals surface area (Å²) in [5, 5.41) is 10.5. The molecule has 29 heavy (non-hydrogen) atoms. The predicted molar refractivity (Wildman–Crippen MR) is 116 cm³/mol. The summed E-state index contributed by atoms with van der Waals surface area (Å²) in [6, 6.07) is 27.1. The van der Waals surface area contributed by atoms with Crippen LogP contribution in [0.2, 0.25) is 0 Å². The van der Waals surface area contributed by atoms with E-state index in [0.29, 0.717) is 18.5 Å². The fourth-order valence-electron chi connectivity index (χ4n) is 3.30. The topological polar surface area (TPSA) is 83.8 Å². The summed E-state index contributed by atoms with van der Waals surface area (Å²) in [5.41, 5.74) is 11.9. The molecule has 1 amide bonds. The van der Waals surface area contributed by atoms with Crippen LogP contribution in [0.15, 0.2) is 84.9 Å². The number of aromatic nitrogens is 2. The molecule has 0 saturated heterocycles. The van der Waals surface area contributed by atoms with Crippen LogP contribution in [0, 0.1) is 0 Å². The van der Waals surface area contributed by atoms with Gasteiger partial charge in [0, 0.05) is 28.9 Å². The second kappa shape index (κ2) is 8.44. The number of nitrogens with one attached hydrogen (secondary N) is 2. The fraction of sp³-hybridized carbons (Fsp3) is 0.0833. The van der Waals surface area contributed by atoms with Crippen LogP contribution in [0.1, 0.15) is 15.9 Å². The van der Waals surface area contributed by atoms with E-state index in [9.17, 15) is 4.79 Å². The number of nitrogen functional groups attached to an aromatic ring is 1. The highest BCUT2D eigenvalue weighted by molar-refractivity contribution is 6.00. The number of hydrogen-bond donors (Lipinski definition) is 3. The van der Waals surface area contributed by atoms with Crippen LogP contribution in [0.3, 0.4) is 0 Å². The molecule has 0 aliphatic rings. The molecule has 0 bridgehead atoms. The number of hydrogen-bond acceptors (Lipinski definition) is 3. The Bertz CT molecular complexity index is 1120. The summed E-state index contributed by atoms with van der Waals surface area (Å²) < 4.78 is 0. The van der Waals surface area contributed by atoms with Gasteiger partial charge >= 0.3 is 0 Å². The van der Waals surface area contributed by atoms with Gasteiger partial charge in [0.1, 0.15) is 0 Å². The lowest BCUT2D eigenvalue weighted by Gasteiger charge is -2.10. The summed E-state index contributed by atoms with van der Waals surface area (Å²) in [6.45, 7) is 0.514. The Morgan fingerprint density at radius 2 is 1.66 bits per heavy atom. The molecule has 3 aromatic carbocycles. The molecular formula is C24H22N4O. The highest BCUT2D eigenvalue weighted by atomic mass is 16.1. The number of aromatic amines is 1. The standard InChI is InChI=1S/C24H22N4O/c25-21-13-7-4-8-17(21)14-15-26-24(29)20-12-6-5-11-19(20)23-16-22(27-28-23)18-9-2-1-3-10-18/h1-13,16H,14-15,25H2,(H,26,29)(H,27,28). The van der Waals surface area contributed by atoms with Gasteiger partial charge in [-0.2, -0.15) is 5.10 Å². The number of benzene rings is 3. The summed E-state index contributed by atoms with van der Waals surface area (Å²) in [6.07, 6.45) is 0.683. The molecule has 4 rings (SSSR count). The predicted octanol–water partition coefficient (Wildman–Crippen LogP) is 4.30. The molecule has 0 atom stereocenters. The molecule has 0 saturated carbocycles. The number of carbonyl (C=O) groups excluding carboxylic acids is 1. The monoisotopic (exact) mass is 382 g/mol. The van der Waals surface area contributed by atoms with Gasteiger partial charge < -0.3 is 11.1 Å². The van der Waals surface area contributed by atoms with Gasteiger partial charge in [-0.05, 0) is 30.2 Å². The van der Waals surface area contributed by atoms with E-state index in [2.05, 4.69) is 15.5 Å². The number of nitrogens with zero attached hydrogens (tertiary/aromatic N) is 1. The first-order valence-electron chi connectivity index (χ1n) is 9.54. The maximum atomic E-state index is 12.8. The third-order valence-electron chi connectivity index (χ3n) is 4.84. The SMILES string of the molecule is Nc1ccccc1CCNC(=O)c1ccccc1-c1cc(-c2ccccc2)n[nH]1. The number of nitrogens with two attached hydrogens (primary N) is 1. The van der Waals surface area contributed by atoms with Crippen molar-refractivity contribution >= 4 is 11.6 Å². The number of carbonyl (C=O) groups is 1. The fourth-order valence-corrected chi connectivity index (χ4v) is 3.30. The average molecular weight is 382 g/mol. The first-order valence-corrected chi connectivity index (χ1v) is 9.54. The number of rotatable bonds is 6. The number of anilines is 1. The second-order valence-electron chi connectivity index (χ2n) is 6.78. The van der Waals surface area contributed by atoms with Crippen molar-refractivity contribution in [2.75, 3.05) is 12.3 Å². The normalized spacial score (nSPS) is 10.6. The zero-order chi connectivity index (χ0) is 20.1. The molecule has 0 radical (unpaired) electrons. The molecule has 0 aliphatic heterocycles. The molecule has 5 nitrogen and oxygen atoms in total. The van der Waals surface area contributed by atoms with Crippen LogP contribution >= 0.6 is 0 Å². The summed E-state index contributed by atoms with van der Waals surface area (Å²) in [7, 11) is 0. The van der Waals surface area contributed by atoms with E-state index in [1.807, 2.05) is 84.9 Å². The first-order chi connectivity index (χ1) is 14.2. The molecule has 4 aromatic rings. The molecule has 0 fully saturated rings. The van der Waals surface area contributed by atoms with Gasteiger partial charge in [-0.15, -0.1) is 0 Å². The molecule has 0 unspecified atom stereocenters. The summed E-state index contributed by atoms with van der Waals surface area (Å²) >= 11 is 0. The third kappa shape index (κ3) is 4.19. The van der Waals surface area contributed by atoms with E-state index >= 15 is 0 Å². The summed E-state index contributed by atoms with van der Waals surface area (Å²) in [5.74, 6) is -0.119. The molecule has 1 aromatic heterocycles. The zero-order valence-corrected chi connectivity index (χ0v) is 15.9. The van der Waals surface area contributed by atoms with Crippen LogP contribution in [0.4, 0.5) is 5.69 Å². The Hall–Kier alpha value is -3.86. The minimum atomic E-state index is -0.119. The third-order valence-corrected chi connectivity index (χ3v) is 4.84. The molecule has 1 heterocycles. The van der Waals surface area contributed by atoms with Crippen molar-refractivity contribution in [1.29, 1.82) is 0 Å².